The fourth-order valence-corrected chi connectivity index (χ4v) is 4.78. The van der Waals surface area contributed by atoms with Gasteiger partial charge in [-0.3, -0.25) is 9.36 Å². The molecule has 0 aliphatic heterocycles. The molecule has 0 aliphatic carbocycles. The molecule has 13 nitrogen and oxygen atoms in total. The Hall–Kier alpha value is -3.88. The maximum absolute atomic E-state index is 10.2. The van der Waals surface area contributed by atoms with Gasteiger partial charge in [-0.1, -0.05) is 74.5 Å². The van der Waals surface area contributed by atoms with Crippen LogP contribution in [0.15, 0.2) is 60.9 Å². The van der Waals surface area contributed by atoms with E-state index in [1.54, 1.807) is 0 Å². The maximum atomic E-state index is 10.2. The first-order chi connectivity index (χ1) is 22.7. The standard InChI is InChI=1S/C34H51N9O4/c1-25(2)36-19-31(44)23-46-33-11-7-5-9-27(33)13-15-42-21-29(38-40-42)17-35-18-30-22-43(41-39-30)16-14-28-10-6-8-12-34(28)47-24-32(45)20-37-26(3)4/h5-12,21-22,25-26,31-32,35-37,44-45H,13-20,23-24H2,1-4H3/t31-,32-/m0/s1. The van der Waals surface area contributed by atoms with Crippen molar-refractivity contribution in [1.82, 2.24) is 45.9 Å². The van der Waals surface area contributed by atoms with E-state index in [4.69, 9.17) is 9.47 Å². The Balaban J connectivity index is 1.17. The number of aromatic nitrogens is 6. The Kier molecular flexibility index (Phi) is 14.6. The van der Waals surface area contributed by atoms with E-state index in [9.17, 15) is 10.2 Å². The number of hydrogen-bond donors (Lipinski definition) is 5. The van der Waals surface area contributed by atoms with Crippen molar-refractivity contribution in [3.05, 3.63) is 83.4 Å². The van der Waals surface area contributed by atoms with Crippen LogP contribution < -0.4 is 25.4 Å². The number of benzene rings is 2. The molecule has 0 amide bonds. The molecule has 4 rings (SSSR count). The number of para-hydroxylation sites is 2. The summed E-state index contributed by atoms with van der Waals surface area (Å²) in [6.07, 6.45) is 4.18. The van der Waals surface area contributed by atoms with Crippen molar-refractivity contribution in [2.24, 2.45) is 0 Å². The first-order valence-corrected chi connectivity index (χ1v) is 16.5. The summed E-state index contributed by atoms with van der Waals surface area (Å²) in [6, 6.07) is 16.4. The van der Waals surface area contributed by atoms with Crippen molar-refractivity contribution in [3.63, 3.8) is 0 Å². The lowest BCUT2D eigenvalue weighted by Crippen LogP contribution is -2.35. The molecule has 0 saturated carbocycles. The zero-order valence-corrected chi connectivity index (χ0v) is 28.0. The molecule has 2 atom stereocenters. The zero-order valence-electron chi connectivity index (χ0n) is 28.0. The van der Waals surface area contributed by atoms with E-state index in [1.165, 1.54) is 0 Å². The van der Waals surface area contributed by atoms with Crippen LogP contribution in [-0.4, -0.2) is 90.8 Å². The molecular formula is C34H51N9O4. The summed E-state index contributed by atoms with van der Waals surface area (Å²) in [7, 11) is 0. The number of aliphatic hydroxyl groups excluding tert-OH is 2. The smallest absolute Gasteiger partial charge is 0.122 e. The van der Waals surface area contributed by atoms with Crippen molar-refractivity contribution in [2.75, 3.05) is 26.3 Å². The third-order valence-corrected chi connectivity index (χ3v) is 7.34. The van der Waals surface area contributed by atoms with E-state index in [0.29, 0.717) is 51.4 Å². The van der Waals surface area contributed by atoms with Crippen molar-refractivity contribution in [1.29, 1.82) is 0 Å². The summed E-state index contributed by atoms with van der Waals surface area (Å²) >= 11 is 0. The number of rotatable bonds is 22. The van der Waals surface area contributed by atoms with Gasteiger partial charge >= 0.3 is 0 Å². The monoisotopic (exact) mass is 649 g/mol. The SMILES string of the molecule is CC(C)NC[C@H](O)COc1ccccc1CCn1cc(CNCc2cn(CCc3ccccc3OC[C@@H](O)CNC(C)C)nn2)nn1. The van der Waals surface area contributed by atoms with Gasteiger partial charge in [0.1, 0.15) is 36.9 Å². The van der Waals surface area contributed by atoms with Gasteiger partial charge in [0.15, 0.2) is 0 Å². The van der Waals surface area contributed by atoms with Crippen molar-refractivity contribution in [3.8, 4) is 11.5 Å². The lowest BCUT2D eigenvalue weighted by atomic mass is 10.1. The number of aliphatic hydroxyl groups is 2. The highest BCUT2D eigenvalue weighted by Crippen LogP contribution is 2.20. The Morgan fingerprint density at radius 1 is 0.660 bits per heavy atom. The average molecular weight is 650 g/mol. The largest absolute Gasteiger partial charge is 0.491 e. The van der Waals surface area contributed by atoms with Crippen molar-refractivity contribution in [2.45, 2.75) is 91.0 Å². The van der Waals surface area contributed by atoms with Crippen LogP contribution >= 0.6 is 0 Å². The van der Waals surface area contributed by atoms with Gasteiger partial charge in [0, 0.05) is 63.7 Å². The van der Waals surface area contributed by atoms with Gasteiger partial charge < -0.3 is 35.6 Å². The van der Waals surface area contributed by atoms with Crippen LogP contribution in [0.2, 0.25) is 0 Å². The van der Waals surface area contributed by atoms with Gasteiger partial charge in [0.05, 0.1) is 11.4 Å². The quantitative estimate of drug-likeness (QED) is 0.0850. The second-order valence-electron chi connectivity index (χ2n) is 12.3. The summed E-state index contributed by atoms with van der Waals surface area (Å²) in [6.45, 7) is 12.0. The Labute approximate surface area is 277 Å². The maximum Gasteiger partial charge on any atom is 0.122 e. The topological polar surface area (TPSA) is 156 Å². The highest BCUT2D eigenvalue weighted by atomic mass is 16.5. The molecule has 0 bridgehead atoms. The van der Waals surface area contributed by atoms with E-state index in [0.717, 1.165) is 46.9 Å². The van der Waals surface area contributed by atoms with Crippen LogP contribution in [0.5, 0.6) is 11.5 Å². The summed E-state index contributed by atoms with van der Waals surface area (Å²) in [5, 5.41) is 47.4. The van der Waals surface area contributed by atoms with Crippen LogP contribution in [0.25, 0.3) is 0 Å². The van der Waals surface area contributed by atoms with Crippen LogP contribution in [0, 0.1) is 0 Å². The minimum absolute atomic E-state index is 0.232. The van der Waals surface area contributed by atoms with Gasteiger partial charge in [-0.15, -0.1) is 10.2 Å². The number of nitrogens with one attached hydrogen (secondary N) is 3. The van der Waals surface area contributed by atoms with Gasteiger partial charge in [-0.25, -0.2) is 0 Å². The molecule has 256 valence electrons. The molecular weight excluding hydrogens is 598 g/mol. The van der Waals surface area contributed by atoms with E-state index in [2.05, 4.69) is 36.6 Å². The minimum Gasteiger partial charge on any atom is -0.491 e. The zero-order chi connectivity index (χ0) is 33.4. The molecule has 0 fully saturated rings. The summed E-state index contributed by atoms with van der Waals surface area (Å²) in [4.78, 5) is 0. The van der Waals surface area contributed by atoms with E-state index in [1.807, 2.05) is 98.0 Å². The van der Waals surface area contributed by atoms with E-state index in [-0.39, 0.29) is 13.2 Å². The molecule has 4 aromatic rings. The molecule has 2 heterocycles. The fraction of sp³-hybridized carbons (Fsp3) is 0.529. The highest BCUT2D eigenvalue weighted by Gasteiger charge is 2.11. The van der Waals surface area contributed by atoms with Gasteiger partial charge in [0.2, 0.25) is 0 Å². The molecule has 0 saturated heterocycles. The van der Waals surface area contributed by atoms with E-state index < -0.39 is 12.2 Å². The molecule has 5 N–H and O–H groups in total. The average Bonchev–Trinajstić information content (AvgIpc) is 3.72. The number of aryl methyl sites for hydroxylation is 4. The first kappa shape index (κ1) is 36.0. The Morgan fingerprint density at radius 2 is 1.09 bits per heavy atom. The number of ether oxygens (including phenoxy) is 2. The van der Waals surface area contributed by atoms with Crippen molar-refractivity contribution >= 4 is 0 Å². The fourth-order valence-electron chi connectivity index (χ4n) is 4.78. The molecule has 13 heteroatoms. The highest BCUT2D eigenvalue weighted by molar-refractivity contribution is 5.34. The molecule has 0 radical (unpaired) electrons. The van der Waals surface area contributed by atoms with Gasteiger partial charge in [0.25, 0.3) is 0 Å². The van der Waals surface area contributed by atoms with Gasteiger partial charge in [-0.05, 0) is 36.1 Å². The molecule has 0 aliphatic rings. The molecule has 2 aromatic heterocycles. The molecule has 2 aromatic carbocycles. The summed E-state index contributed by atoms with van der Waals surface area (Å²) in [5.74, 6) is 1.54. The first-order valence-electron chi connectivity index (χ1n) is 16.5. The van der Waals surface area contributed by atoms with Crippen LogP contribution in [0.4, 0.5) is 0 Å². The second kappa shape index (κ2) is 19.1. The predicted octanol–water partition coefficient (Wildman–Crippen LogP) is 2.12. The molecule has 0 unspecified atom stereocenters. The number of hydrogen-bond acceptors (Lipinski definition) is 11. The van der Waals surface area contributed by atoms with Gasteiger partial charge in [-0.2, -0.15) is 0 Å². The summed E-state index contributed by atoms with van der Waals surface area (Å²) < 4.78 is 15.5. The van der Waals surface area contributed by atoms with Crippen LogP contribution in [-0.2, 0) is 39.0 Å². The third kappa shape index (κ3) is 13.0. The lowest BCUT2D eigenvalue weighted by Gasteiger charge is -2.16. The third-order valence-electron chi connectivity index (χ3n) is 7.34. The Bertz CT molecular complexity index is 1350. The van der Waals surface area contributed by atoms with E-state index >= 15 is 0 Å². The van der Waals surface area contributed by atoms with Crippen LogP contribution in [0.1, 0.15) is 50.2 Å². The Morgan fingerprint density at radius 3 is 1.51 bits per heavy atom. The second-order valence-corrected chi connectivity index (χ2v) is 12.3. The lowest BCUT2D eigenvalue weighted by molar-refractivity contribution is 0.104. The minimum atomic E-state index is -0.577. The molecule has 0 spiro atoms. The van der Waals surface area contributed by atoms with Crippen molar-refractivity contribution < 1.29 is 19.7 Å². The van der Waals surface area contributed by atoms with Crippen LogP contribution in [0.3, 0.4) is 0 Å². The normalized spacial score (nSPS) is 12.9. The summed E-state index contributed by atoms with van der Waals surface area (Å²) in [5.41, 5.74) is 3.78. The molecule has 47 heavy (non-hydrogen) atoms. The number of nitrogens with zero attached hydrogens (tertiary/aromatic N) is 6. The predicted molar refractivity (Wildman–Crippen MR) is 180 cm³/mol.